The van der Waals surface area contributed by atoms with E-state index < -0.39 is 6.10 Å². The van der Waals surface area contributed by atoms with Crippen molar-refractivity contribution >= 4 is 23.2 Å². The van der Waals surface area contributed by atoms with Gasteiger partial charge in [0.05, 0.1) is 11.1 Å². The molecule has 0 fully saturated rings. The molecular formula is C16H23ClN2O2. The number of ether oxygens (including phenoxy) is 1. The summed E-state index contributed by atoms with van der Waals surface area (Å²) in [6.07, 6.45) is -0.434. The summed E-state index contributed by atoms with van der Waals surface area (Å²) in [6.45, 7) is 8.76. The van der Waals surface area contributed by atoms with Crippen LogP contribution in [0.4, 0.5) is 5.69 Å². The maximum Gasteiger partial charge on any atom is 0.267 e. The molecule has 1 heterocycles. The van der Waals surface area contributed by atoms with Crippen molar-refractivity contribution in [1.82, 2.24) is 4.90 Å². The van der Waals surface area contributed by atoms with Crippen LogP contribution in [0.5, 0.6) is 5.75 Å². The number of alkyl halides is 1. The Labute approximate surface area is 131 Å². The zero-order valence-electron chi connectivity index (χ0n) is 13.1. The quantitative estimate of drug-likeness (QED) is 0.784. The number of anilines is 1. The highest BCUT2D eigenvalue weighted by Crippen LogP contribution is 2.36. The molecule has 2 unspecified atom stereocenters. The predicted octanol–water partition coefficient (Wildman–Crippen LogP) is 3.05. The van der Waals surface area contributed by atoms with Crippen LogP contribution in [-0.2, 0) is 4.79 Å². The molecule has 21 heavy (non-hydrogen) atoms. The Morgan fingerprint density at radius 3 is 2.67 bits per heavy atom. The Kier molecular flexibility index (Phi) is 5.12. The number of carbonyl (C=O) groups is 1. The van der Waals surface area contributed by atoms with Crippen LogP contribution in [0.2, 0.25) is 0 Å². The molecule has 2 atom stereocenters. The maximum atomic E-state index is 12.0. The van der Waals surface area contributed by atoms with E-state index in [-0.39, 0.29) is 11.3 Å². The Morgan fingerprint density at radius 1 is 1.38 bits per heavy atom. The van der Waals surface area contributed by atoms with Gasteiger partial charge in [-0.2, -0.15) is 0 Å². The third-order valence-corrected chi connectivity index (χ3v) is 4.39. The summed E-state index contributed by atoms with van der Waals surface area (Å²) in [5, 5.41) is -0.0990. The number of carbonyl (C=O) groups excluding carboxylic acids is 1. The van der Waals surface area contributed by atoms with Gasteiger partial charge in [-0.15, -0.1) is 11.6 Å². The number of nitrogens with zero attached hydrogens (tertiary/aromatic N) is 2. The van der Waals surface area contributed by atoms with Crippen LogP contribution in [0.25, 0.3) is 0 Å². The molecule has 1 aromatic carbocycles. The van der Waals surface area contributed by atoms with Gasteiger partial charge in [-0.05, 0) is 37.7 Å². The van der Waals surface area contributed by atoms with Gasteiger partial charge in [0.25, 0.3) is 5.91 Å². The average Bonchev–Trinajstić information content (AvgIpc) is 2.50. The summed E-state index contributed by atoms with van der Waals surface area (Å²) >= 11 is 6.53. The second-order valence-corrected chi connectivity index (χ2v) is 5.86. The highest BCUT2D eigenvalue weighted by molar-refractivity contribution is 6.21. The fraction of sp³-hybridized carbons (Fsp3) is 0.562. The van der Waals surface area contributed by atoms with Crippen molar-refractivity contribution in [3.63, 3.8) is 0 Å². The van der Waals surface area contributed by atoms with E-state index in [9.17, 15) is 4.79 Å². The molecule has 1 amide bonds. The summed E-state index contributed by atoms with van der Waals surface area (Å²) in [5.41, 5.74) is 1.81. The molecule has 0 N–H and O–H groups in total. The average molecular weight is 311 g/mol. The first-order valence-electron chi connectivity index (χ1n) is 7.42. The number of hydrogen-bond acceptors (Lipinski definition) is 3. The fourth-order valence-electron chi connectivity index (χ4n) is 2.54. The van der Waals surface area contributed by atoms with Crippen molar-refractivity contribution in [1.29, 1.82) is 0 Å². The van der Waals surface area contributed by atoms with Crippen LogP contribution in [-0.4, -0.2) is 43.6 Å². The van der Waals surface area contributed by atoms with E-state index in [0.717, 1.165) is 36.6 Å². The standard InChI is InChI=1S/C16H23ClN2O2/c1-5-19(6-2)10-13(17)12-7-8-15-14(9-12)18(4)16(20)11(3)21-15/h7-9,11,13H,5-6,10H2,1-4H3. The lowest BCUT2D eigenvalue weighted by Gasteiger charge is -2.31. The third kappa shape index (κ3) is 3.33. The molecule has 5 heteroatoms. The van der Waals surface area contributed by atoms with Crippen molar-refractivity contribution in [2.24, 2.45) is 0 Å². The van der Waals surface area contributed by atoms with Crippen LogP contribution >= 0.6 is 11.6 Å². The summed E-state index contributed by atoms with van der Waals surface area (Å²) < 4.78 is 5.63. The Bertz CT molecular complexity index is 517. The van der Waals surface area contributed by atoms with Crippen molar-refractivity contribution in [3.8, 4) is 5.75 Å². The van der Waals surface area contributed by atoms with E-state index in [4.69, 9.17) is 16.3 Å². The summed E-state index contributed by atoms with van der Waals surface area (Å²) in [4.78, 5) is 15.9. The van der Waals surface area contributed by atoms with Crippen molar-refractivity contribution in [2.75, 3.05) is 31.6 Å². The van der Waals surface area contributed by atoms with Gasteiger partial charge in [0.1, 0.15) is 5.75 Å². The van der Waals surface area contributed by atoms with Gasteiger partial charge in [-0.25, -0.2) is 0 Å². The van der Waals surface area contributed by atoms with Gasteiger partial charge < -0.3 is 14.5 Å². The summed E-state index contributed by atoms with van der Waals surface area (Å²) in [6, 6.07) is 5.85. The van der Waals surface area contributed by atoms with E-state index in [2.05, 4.69) is 18.7 Å². The normalized spacial score (nSPS) is 19.4. The number of fused-ring (bicyclic) bond motifs is 1. The first kappa shape index (κ1) is 16.1. The molecule has 0 aliphatic carbocycles. The Hall–Kier alpha value is -1.26. The number of likely N-dealkylation sites (N-methyl/N-ethyl adjacent to an activating group) is 2. The molecule has 1 aliphatic heterocycles. The van der Waals surface area contributed by atoms with Crippen LogP contribution in [0.1, 0.15) is 31.7 Å². The highest BCUT2D eigenvalue weighted by atomic mass is 35.5. The number of rotatable bonds is 5. The van der Waals surface area contributed by atoms with Crippen LogP contribution in [0, 0.1) is 0 Å². The molecule has 0 radical (unpaired) electrons. The Morgan fingerprint density at radius 2 is 2.05 bits per heavy atom. The number of amides is 1. The maximum absolute atomic E-state index is 12.0. The lowest BCUT2D eigenvalue weighted by atomic mass is 10.1. The van der Waals surface area contributed by atoms with Crippen LogP contribution < -0.4 is 9.64 Å². The Balaban J connectivity index is 2.23. The minimum absolute atomic E-state index is 0.0329. The van der Waals surface area contributed by atoms with E-state index in [1.165, 1.54) is 0 Å². The molecule has 0 bridgehead atoms. The second kappa shape index (κ2) is 6.67. The van der Waals surface area contributed by atoms with Gasteiger partial charge in [0, 0.05) is 13.6 Å². The van der Waals surface area contributed by atoms with Gasteiger partial charge in [0.15, 0.2) is 6.10 Å². The highest BCUT2D eigenvalue weighted by Gasteiger charge is 2.29. The molecular weight excluding hydrogens is 288 g/mol. The third-order valence-electron chi connectivity index (χ3n) is 4.00. The molecule has 0 spiro atoms. The van der Waals surface area contributed by atoms with E-state index in [1.54, 1.807) is 18.9 Å². The minimum Gasteiger partial charge on any atom is -0.479 e. The molecule has 1 aromatic rings. The van der Waals surface area contributed by atoms with Crippen molar-refractivity contribution in [3.05, 3.63) is 23.8 Å². The molecule has 0 saturated carbocycles. The molecule has 1 aliphatic rings. The van der Waals surface area contributed by atoms with Crippen molar-refractivity contribution < 1.29 is 9.53 Å². The summed E-state index contributed by atoms with van der Waals surface area (Å²) in [5.74, 6) is 0.703. The largest absolute Gasteiger partial charge is 0.479 e. The lowest BCUT2D eigenvalue weighted by Crippen LogP contribution is -2.42. The molecule has 116 valence electrons. The summed E-state index contributed by atoms with van der Waals surface area (Å²) in [7, 11) is 1.78. The van der Waals surface area contributed by atoms with Gasteiger partial charge in [-0.3, -0.25) is 4.79 Å². The zero-order valence-corrected chi connectivity index (χ0v) is 13.9. The minimum atomic E-state index is -0.434. The first-order valence-corrected chi connectivity index (χ1v) is 7.86. The monoisotopic (exact) mass is 310 g/mol. The molecule has 4 nitrogen and oxygen atoms in total. The first-order chi connectivity index (χ1) is 9.97. The zero-order chi connectivity index (χ0) is 15.6. The molecule has 0 aromatic heterocycles. The molecule has 2 rings (SSSR count). The number of hydrogen-bond donors (Lipinski definition) is 0. The molecule has 0 saturated heterocycles. The fourth-order valence-corrected chi connectivity index (χ4v) is 2.87. The number of halogens is 1. The van der Waals surface area contributed by atoms with Crippen LogP contribution in [0.15, 0.2) is 18.2 Å². The predicted molar refractivity (Wildman–Crippen MR) is 86.3 cm³/mol. The number of benzene rings is 1. The second-order valence-electron chi connectivity index (χ2n) is 5.34. The van der Waals surface area contributed by atoms with Gasteiger partial charge >= 0.3 is 0 Å². The van der Waals surface area contributed by atoms with Gasteiger partial charge in [-0.1, -0.05) is 19.9 Å². The van der Waals surface area contributed by atoms with Crippen LogP contribution in [0.3, 0.4) is 0 Å². The topological polar surface area (TPSA) is 32.8 Å². The van der Waals surface area contributed by atoms with Gasteiger partial charge in [0.2, 0.25) is 0 Å². The van der Waals surface area contributed by atoms with E-state index >= 15 is 0 Å². The smallest absolute Gasteiger partial charge is 0.267 e. The SMILES string of the molecule is CCN(CC)CC(Cl)c1ccc2c(c1)N(C)C(=O)C(C)O2. The van der Waals surface area contributed by atoms with E-state index in [1.807, 2.05) is 18.2 Å². The van der Waals surface area contributed by atoms with Crippen molar-refractivity contribution in [2.45, 2.75) is 32.3 Å². The van der Waals surface area contributed by atoms with E-state index in [0.29, 0.717) is 0 Å². The lowest BCUT2D eigenvalue weighted by molar-refractivity contribution is -0.125.